The van der Waals surface area contributed by atoms with Crippen molar-refractivity contribution in [1.29, 1.82) is 0 Å². The fourth-order valence-electron chi connectivity index (χ4n) is 4.40. The van der Waals surface area contributed by atoms with Gasteiger partial charge in [0.25, 0.3) is 0 Å². The Labute approximate surface area is 199 Å². The summed E-state index contributed by atoms with van der Waals surface area (Å²) in [7, 11) is 0. The zero-order valence-electron chi connectivity index (χ0n) is 20.4. The molecule has 0 saturated carbocycles. The smallest absolute Gasteiger partial charge is 0.306 e. The van der Waals surface area contributed by atoms with E-state index >= 15 is 0 Å². The second-order valence-electron chi connectivity index (χ2n) is 8.73. The summed E-state index contributed by atoms with van der Waals surface area (Å²) in [5.41, 5.74) is 8.37. The normalized spacial score (nSPS) is 22.3. The van der Waals surface area contributed by atoms with Gasteiger partial charge in [-0.25, -0.2) is 0 Å². The summed E-state index contributed by atoms with van der Waals surface area (Å²) in [6.45, 7) is 7.59. The van der Waals surface area contributed by atoms with Gasteiger partial charge in [-0.05, 0) is 56.7 Å². The molecule has 3 N–H and O–H groups in total. The third-order valence-corrected chi connectivity index (χ3v) is 6.79. The Bertz CT molecular complexity index is 851. The molecule has 5 heteroatoms. The number of ether oxygens (including phenoxy) is 1. The summed E-state index contributed by atoms with van der Waals surface area (Å²) < 4.78 is 5.40. The molecule has 0 bridgehead atoms. The van der Waals surface area contributed by atoms with E-state index in [1.165, 1.54) is 5.57 Å². The molecule has 33 heavy (non-hydrogen) atoms. The van der Waals surface area contributed by atoms with E-state index in [1.54, 1.807) is 0 Å². The molecule has 1 aromatic rings. The maximum Gasteiger partial charge on any atom is 0.306 e. The maximum absolute atomic E-state index is 12.2. The number of nitrogens with one attached hydrogen (secondary N) is 1. The van der Waals surface area contributed by atoms with Crippen LogP contribution in [0.2, 0.25) is 0 Å². The highest BCUT2D eigenvalue weighted by atomic mass is 16.5. The molecule has 180 valence electrons. The van der Waals surface area contributed by atoms with Crippen LogP contribution in [0.25, 0.3) is 0 Å². The van der Waals surface area contributed by atoms with Crippen molar-refractivity contribution in [3.63, 3.8) is 0 Å². The van der Waals surface area contributed by atoms with Crippen LogP contribution in [-0.4, -0.2) is 24.5 Å². The van der Waals surface area contributed by atoms with Crippen LogP contribution in [0.15, 0.2) is 65.8 Å². The number of esters is 1. The summed E-state index contributed by atoms with van der Waals surface area (Å²) in [6.07, 6.45) is 13.9. The lowest BCUT2D eigenvalue weighted by atomic mass is 9.72. The maximum atomic E-state index is 12.2. The molecule has 0 saturated heterocycles. The van der Waals surface area contributed by atoms with E-state index in [0.29, 0.717) is 18.6 Å². The second kappa shape index (κ2) is 13.8. The zero-order chi connectivity index (χ0) is 24.1. The first-order valence-corrected chi connectivity index (χ1v) is 12.3. The Balaban J connectivity index is 2.00. The fourth-order valence-corrected chi connectivity index (χ4v) is 4.40. The van der Waals surface area contributed by atoms with Crippen molar-refractivity contribution in [3.8, 4) is 0 Å². The predicted molar refractivity (Wildman–Crippen MR) is 134 cm³/mol. The molecular weight excluding hydrogens is 412 g/mol. The molecule has 1 aromatic carbocycles. The highest BCUT2D eigenvalue weighted by molar-refractivity contribution is 5.95. The van der Waals surface area contributed by atoms with Crippen LogP contribution in [0.1, 0.15) is 71.3 Å². The van der Waals surface area contributed by atoms with Gasteiger partial charge in [-0.3, -0.25) is 9.59 Å². The average Bonchev–Trinajstić information content (AvgIpc) is 2.84. The number of hydrogen-bond donors (Lipinski definition) is 2. The number of carbonyl (C=O) groups excluding carboxylic acids is 2. The largest absolute Gasteiger partial charge is 0.461 e. The average molecular weight is 453 g/mol. The van der Waals surface area contributed by atoms with Gasteiger partial charge in [0, 0.05) is 23.5 Å². The van der Waals surface area contributed by atoms with Crippen LogP contribution in [0.5, 0.6) is 0 Å². The summed E-state index contributed by atoms with van der Waals surface area (Å²) in [4.78, 5) is 24.1. The van der Waals surface area contributed by atoms with Crippen LogP contribution in [0, 0.1) is 5.41 Å². The topological polar surface area (TPSA) is 81.4 Å². The Morgan fingerprint density at radius 1 is 1.12 bits per heavy atom. The molecule has 0 radical (unpaired) electrons. The molecule has 0 spiro atoms. The third kappa shape index (κ3) is 8.32. The Hall–Kier alpha value is -2.66. The molecule has 1 aliphatic rings. The number of primary amides is 1. The zero-order valence-corrected chi connectivity index (χ0v) is 20.4. The SMILES string of the molecule is CC\C1=C/C=C(C(N)=O)\C=C\C(CC)(CC)C(NCCCC(=O)OCc2ccccc2)CC1. The van der Waals surface area contributed by atoms with Crippen LogP contribution in [0.4, 0.5) is 0 Å². The van der Waals surface area contributed by atoms with Gasteiger partial charge in [0.05, 0.1) is 0 Å². The van der Waals surface area contributed by atoms with Gasteiger partial charge >= 0.3 is 5.97 Å². The minimum atomic E-state index is -0.404. The number of benzene rings is 1. The van der Waals surface area contributed by atoms with Crippen LogP contribution in [0.3, 0.4) is 0 Å². The van der Waals surface area contributed by atoms with Gasteiger partial charge in [0.1, 0.15) is 6.61 Å². The van der Waals surface area contributed by atoms with E-state index in [9.17, 15) is 9.59 Å². The molecule has 1 amide bonds. The van der Waals surface area contributed by atoms with Gasteiger partial charge in [-0.15, -0.1) is 0 Å². The molecule has 5 nitrogen and oxygen atoms in total. The van der Waals surface area contributed by atoms with Crippen LogP contribution in [-0.2, 0) is 20.9 Å². The molecular formula is C28H40N2O3. The standard InChI is InChI=1S/C28H40N2O3/c1-4-22-14-16-24(27(29)32)18-19-28(5-2,6-3)25(17-15-22)30-20-10-13-26(31)33-21-23-11-8-7-9-12-23/h7-9,11-12,14,16,18-19,25,30H,4-6,10,13,15,17,20-21H2,1-3H3,(H2,29,32)/b19-18+,22-14+,24-16+. The van der Waals surface area contributed by atoms with Gasteiger partial charge in [-0.1, -0.05) is 74.9 Å². The van der Waals surface area contributed by atoms with Crippen molar-refractivity contribution in [1.82, 2.24) is 5.32 Å². The van der Waals surface area contributed by atoms with Gasteiger partial charge in [-0.2, -0.15) is 0 Å². The molecule has 0 heterocycles. The van der Waals surface area contributed by atoms with Crippen LogP contribution >= 0.6 is 0 Å². The lowest BCUT2D eigenvalue weighted by Crippen LogP contribution is -2.44. The van der Waals surface area contributed by atoms with E-state index in [2.05, 4.69) is 32.2 Å². The van der Waals surface area contributed by atoms with Crippen molar-refractivity contribution in [3.05, 3.63) is 71.3 Å². The van der Waals surface area contributed by atoms with Crippen molar-refractivity contribution >= 4 is 11.9 Å². The van der Waals surface area contributed by atoms with Crippen molar-refractivity contribution in [2.75, 3.05) is 6.54 Å². The number of amides is 1. The number of rotatable bonds is 11. The monoisotopic (exact) mass is 452 g/mol. The van der Waals surface area contributed by atoms with E-state index in [1.807, 2.05) is 48.6 Å². The van der Waals surface area contributed by atoms with E-state index in [4.69, 9.17) is 10.5 Å². The Morgan fingerprint density at radius 3 is 2.48 bits per heavy atom. The lowest BCUT2D eigenvalue weighted by Gasteiger charge is -2.39. The Morgan fingerprint density at radius 2 is 1.85 bits per heavy atom. The number of carbonyl (C=O) groups is 2. The highest BCUT2D eigenvalue weighted by Gasteiger charge is 2.33. The van der Waals surface area contributed by atoms with Gasteiger partial charge < -0.3 is 15.8 Å². The molecule has 1 atom stereocenters. The summed E-state index contributed by atoms with van der Waals surface area (Å²) in [5, 5.41) is 3.73. The van der Waals surface area contributed by atoms with E-state index < -0.39 is 5.91 Å². The van der Waals surface area contributed by atoms with Gasteiger partial charge in [0.2, 0.25) is 5.91 Å². The van der Waals surface area contributed by atoms with Crippen molar-refractivity contribution < 1.29 is 14.3 Å². The molecule has 0 fully saturated rings. The molecule has 1 unspecified atom stereocenters. The molecule has 0 aliphatic heterocycles. The summed E-state index contributed by atoms with van der Waals surface area (Å²) in [5.74, 6) is -0.575. The van der Waals surface area contributed by atoms with Crippen molar-refractivity contribution in [2.45, 2.75) is 78.4 Å². The van der Waals surface area contributed by atoms with Crippen molar-refractivity contribution in [2.24, 2.45) is 11.1 Å². The first-order valence-electron chi connectivity index (χ1n) is 12.3. The number of nitrogens with two attached hydrogens (primary N) is 1. The minimum Gasteiger partial charge on any atom is -0.461 e. The van der Waals surface area contributed by atoms with E-state index in [0.717, 1.165) is 50.6 Å². The predicted octanol–water partition coefficient (Wildman–Crippen LogP) is 5.37. The third-order valence-electron chi connectivity index (χ3n) is 6.79. The lowest BCUT2D eigenvalue weighted by molar-refractivity contribution is -0.145. The second-order valence-corrected chi connectivity index (χ2v) is 8.73. The number of hydrogen-bond acceptors (Lipinski definition) is 4. The Kier molecular flexibility index (Phi) is 11.1. The quantitative estimate of drug-likeness (QED) is 0.349. The molecule has 2 rings (SSSR count). The van der Waals surface area contributed by atoms with Gasteiger partial charge in [0.15, 0.2) is 0 Å². The summed E-state index contributed by atoms with van der Waals surface area (Å²) in [6, 6.07) is 9.98. The minimum absolute atomic E-state index is 0.0848. The molecule has 0 aromatic heterocycles. The first kappa shape index (κ1) is 26.6. The summed E-state index contributed by atoms with van der Waals surface area (Å²) >= 11 is 0. The highest BCUT2D eigenvalue weighted by Crippen LogP contribution is 2.36. The fraction of sp³-hybridized carbons (Fsp3) is 0.500. The first-order chi connectivity index (χ1) is 15.9. The van der Waals surface area contributed by atoms with Crippen LogP contribution < -0.4 is 11.1 Å². The van der Waals surface area contributed by atoms with E-state index in [-0.39, 0.29) is 17.4 Å². The number of allylic oxidation sites excluding steroid dienone is 3. The molecule has 1 aliphatic carbocycles.